The molecule has 2 N–H and O–H groups in total. The third-order valence-electron chi connectivity index (χ3n) is 7.22. The maximum Gasteiger partial charge on any atom is 0.416 e. The third kappa shape index (κ3) is 6.15. The lowest BCUT2D eigenvalue weighted by molar-refractivity contribution is -0.137. The summed E-state index contributed by atoms with van der Waals surface area (Å²) >= 11 is 0. The minimum Gasteiger partial charge on any atom is -0.383 e. The van der Waals surface area contributed by atoms with Crippen LogP contribution in [0.4, 0.5) is 13.2 Å². The summed E-state index contributed by atoms with van der Waals surface area (Å²) in [5.74, 6) is 1.31. The number of halogens is 3. The van der Waals surface area contributed by atoms with Gasteiger partial charge in [0.25, 0.3) is 0 Å². The molecule has 1 aromatic heterocycles. The van der Waals surface area contributed by atoms with Crippen LogP contribution in [0, 0.1) is 6.92 Å². The maximum atomic E-state index is 13.6. The molecule has 0 atom stereocenters. The van der Waals surface area contributed by atoms with Gasteiger partial charge in [-0.05, 0) is 42.8 Å². The molecule has 0 radical (unpaired) electrons. The van der Waals surface area contributed by atoms with E-state index in [0.717, 1.165) is 23.3 Å². The molecule has 0 amide bonds. The van der Waals surface area contributed by atoms with Gasteiger partial charge in [-0.15, -0.1) is 0 Å². The first kappa shape index (κ1) is 28.6. The second-order valence-corrected chi connectivity index (χ2v) is 10.4. The highest BCUT2D eigenvalue weighted by atomic mass is 19.4. The zero-order valence-electron chi connectivity index (χ0n) is 23.8. The van der Waals surface area contributed by atoms with Crippen molar-refractivity contribution in [2.24, 2.45) is 15.7 Å². The summed E-state index contributed by atoms with van der Waals surface area (Å²) in [6.07, 6.45) is -4.47. The van der Waals surface area contributed by atoms with E-state index in [0.29, 0.717) is 46.1 Å². The highest BCUT2D eigenvalue weighted by molar-refractivity contribution is 6.11. The highest BCUT2D eigenvalue weighted by Gasteiger charge is 2.31. The van der Waals surface area contributed by atoms with Gasteiger partial charge in [0.05, 0.1) is 23.1 Å². The van der Waals surface area contributed by atoms with E-state index in [1.165, 1.54) is 11.6 Å². The Balaban J connectivity index is 1.36. The Hall–Kier alpha value is -5.50. The number of alkyl halides is 3. The minimum absolute atomic E-state index is 0.287. The molecule has 218 valence electrons. The van der Waals surface area contributed by atoms with E-state index in [2.05, 4.69) is 0 Å². The smallest absolute Gasteiger partial charge is 0.383 e. The van der Waals surface area contributed by atoms with E-state index < -0.39 is 11.7 Å². The molecular formula is C36H28F3N5. The van der Waals surface area contributed by atoms with Gasteiger partial charge in [-0.25, -0.2) is 9.98 Å². The number of hydrogen-bond acceptors (Lipinski definition) is 2. The van der Waals surface area contributed by atoms with Crippen molar-refractivity contribution in [3.05, 3.63) is 155 Å². The molecule has 0 fully saturated rings. The molecular weight excluding hydrogens is 559 g/mol. The number of rotatable bonds is 6. The first-order valence-corrected chi connectivity index (χ1v) is 14.0. The van der Waals surface area contributed by atoms with Crippen LogP contribution in [0.5, 0.6) is 0 Å². The number of amidine groups is 2. The number of aromatic nitrogens is 2. The number of aliphatic imine (C=N–C) groups is 2. The number of hydrogen-bond donors (Lipinski definition) is 1. The number of fused-ring (bicyclic) bond motifs is 1. The Morgan fingerprint density at radius 1 is 0.773 bits per heavy atom. The highest BCUT2D eigenvalue weighted by Crippen LogP contribution is 2.33. The number of para-hydroxylation sites is 2. The van der Waals surface area contributed by atoms with E-state index in [1.54, 1.807) is 10.6 Å². The molecule has 0 aliphatic rings. The topological polar surface area (TPSA) is 68.6 Å². The van der Waals surface area contributed by atoms with Crippen molar-refractivity contribution in [2.75, 3.05) is 0 Å². The van der Waals surface area contributed by atoms with Gasteiger partial charge in [-0.2, -0.15) is 13.2 Å². The molecule has 0 unspecified atom stereocenters. The van der Waals surface area contributed by atoms with Gasteiger partial charge in [-0.3, -0.25) is 9.56 Å². The lowest BCUT2D eigenvalue weighted by Gasteiger charge is -2.13. The fourth-order valence-corrected chi connectivity index (χ4v) is 4.91. The third-order valence-corrected chi connectivity index (χ3v) is 7.22. The van der Waals surface area contributed by atoms with Crippen molar-refractivity contribution in [1.29, 1.82) is 0 Å². The van der Waals surface area contributed by atoms with Gasteiger partial charge in [0, 0.05) is 22.4 Å². The standard InChI is InChI=1S/C36H28F3N5/c1-24-14-16-25(17-15-24)23-41-34(27-8-3-2-4-9-27)43-33(40)26-18-20-28(21-19-26)35-42-31-12-5-6-13-32(31)44(35)30-11-7-10-29(22-30)36(37,38)39/h2-22H,23H2,1H3,(H2,40,41,43). The normalized spacial score (nSPS) is 12.5. The summed E-state index contributed by atoms with van der Waals surface area (Å²) in [6.45, 7) is 2.49. The molecule has 8 heteroatoms. The summed E-state index contributed by atoms with van der Waals surface area (Å²) in [6, 6.07) is 37.8. The average molecular weight is 588 g/mol. The van der Waals surface area contributed by atoms with Crippen molar-refractivity contribution in [2.45, 2.75) is 19.6 Å². The van der Waals surface area contributed by atoms with Crippen molar-refractivity contribution in [1.82, 2.24) is 9.55 Å². The molecule has 0 saturated heterocycles. The van der Waals surface area contributed by atoms with Crippen LogP contribution in [0.15, 0.2) is 137 Å². The fraction of sp³-hybridized carbons (Fsp3) is 0.0833. The van der Waals surface area contributed by atoms with E-state index in [9.17, 15) is 13.2 Å². The summed E-state index contributed by atoms with van der Waals surface area (Å²) in [4.78, 5) is 14.2. The summed E-state index contributed by atoms with van der Waals surface area (Å²) < 4.78 is 42.4. The SMILES string of the molecule is Cc1ccc(CN=C(N=C(N)c2ccc(-c3nc4ccccc4n3-c3cccc(C(F)(F)F)c3)cc2)c2ccccc2)cc1. The van der Waals surface area contributed by atoms with Crippen LogP contribution in [-0.4, -0.2) is 21.2 Å². The first-order valence-electron chi connectivity index (χ1n) is 14.0. The Morgan fingerprint density at radius 2 is 1.48 bits per heavy atom. The molecule has 0 saturated carbocycles. The maximum absolute atomic E-state index is 13.6. The quantitative estimate of drug-likeness (QED) is 0.157. The van der Waals surface area contributed by atoms with Gasteiger partial charge < -0.3 is 5.73 Å². The minimum atomic E-state index is -4.47. The fourth-order valence-electron chi connectivity index (χ4n) is 4.91. The van der Waals surface area contributed by atoms with Crippen molar-refractivity contribution in [3.8, 4) is 17.1 Å². The lowest BCUT2D eigenvalue weighted by Crippen LogP contribution is -2.16. The zero-order valence-corrected chi connectivity index (χ0v) is 23.8. The Bertz CT molecular complexity index is 1970. The second kappa shape index (κ2) is 12.0. The number of imidazole rings is 1. The molecule has 0 spiro atoms. The van der Waals surface area contributed by atoms with Gasteiger partial charge in [-0.1, -0.05) is 103 Å². The van der Waals surface area contributed by atoms with Crippen LogP contribution in [0.2, 0.25) is 0 Å². The van der Waals surface area contributed by atoms with Crippen molar-refractivity contribution >= 4 is 22.7 Å². The zero-order chi connectivity index (χ0) is 30.7. The Morgan fingerprint density at radius 3 is 2.20 bits per heavy atom. The van der Waals surface area contributed by atoms with Gasteiger partial charge >= 0.3 is 6.18 Å². The molecule has 44 heavy (non-hydrogen) atoms. The number of nitrogens with two attached hydrogens (primary N) is 1. The Kier molecular flexibility index (Phi) is 7.81. The van der Waals surface area contributed by atoms with E-state index >= 15 is 0 Å². The van der Waals surface area contributed by atoms with Gasteiger partial charge in [0.1, 0.15) is 11.7 Å². The number of aryl methyl sites for hydroxylation is 1. The van der Waals surface area contributed by atoms with Crippen molar-refractivity contribution < 1.29 is 13.2 Å². The second-order valence-electron chi connectivity index (χ2n) is 10.4. The van der Waals surface area contributed by atoms with Crippen LogP contribution in [0.1, 0.15) is 27.8 Å². The van der Waals surface area contributed by atoms with Crippen LogP contribution < -0.4 is 5.73 Å². The summed E-state index contributed by atoms with van der Waals surface area (Å²) in [5, 5.41) is 0. The molecule has 5 nitrogen and oxygen atoms in total. The number of benzene rings is 5. The number of nitrogens with zero attached hydrogens (tertiary/aromatic N) is 4. The average Bonchev–Trinajstić information content (AvgIpc) is 3.43. The van der Waals surface area contributed by atoms with E-state index in [1.807, 2.05) is 110 Å². The molecule has 0 bridgehead atoms. The summed E-state index contributed by atoms with van der Waals surface area (Å²) in [7, 11) is 0. The van der Waals surface area contributed by atoms with Crippen molar-refractivity contribution in [3.63, 3.8) is 0 Å². The lowest BCUT2D eigenvalue weighted by atomic mass is 10.1. The molecule has 5 aromatic carbocycles. The van der Waals surface area contributed by atoms with Crippen LogP contribution >= 0.6 is 0 Å². The molecule has 6 rings (SSSR count). The summed E-state index contributed by atoms with van der Waals surface area (Å²) in [5.41, 5.74) is 12.0. The van der Waals surface area contributed by atoms with Crippen LogP contribution in [0.3, 0.4) is 0 Å². The molecule has 1 heterocycles. The van der Waals surface area contributed by atoms with Crippen LogP contribution in [-0.2, 0) is 12.7 Å². The van der Waals surface area contributed by atoms with Crippen LogP contribution in [0.25, 0.3) is 28.1 Å². The van der Waals surface area contributed by atoms with E-state index in [4.69, 9.17) is 20.7 Å². The predicted octanol–water partition coefficient (Wildman–Crippen LogP) is 8.37. The largest absolute Gasteiger partial charge is 0.416 e. The predicted molar refractivity (Wildman–Crippen MR) is 170 cm³/mol. The first-order chi connectivity index (χ1) is 21.3. The Labute approximate surface area is 252 Å². The molecule has 6 aromatic rings. The van der Waals surface area contributed by atoms with E-state index in [-0.39, 0.29) is 5.84 Å². The molecule has 0 aliphatic carbocycles. The van der Waals surface area contributed by atoms with Gasteiger partial charge in [0.2, 0.25) is 0 Å². The van der Waals surface area contributed by atoms with Gasteiger partial charge in [0.15, 0.2) is 5.84 Å². The molecule has 0 aliphatic heterocycles. The monoisotopic (exact) mass is 587 g/mol.